The normalized spacial score (nSPS) is 20.5. The monoisotopic (exact) mass is 550 g/mol. The molecule has 0 radical (unpaired) electrons. The first kappa shape index (κ1) is 36.9. The third kappa shape index (κ3) is 17.0. The highest BCUT2D eigenvalue weighted by Gasteiger charge is 2.32. The molecule has 7 nitrogen and oxygen atoms in total. The molecule has 0 aromatic carbocycles. The minimum atomic E-state index is -0.561. The van der Waals surface area contributed by atoms with Crippen molar-refractivity contribution in [1.82, 2.24) is 0 Å². The van der Waals surface area contributed by atoms with Crippen LogP contribution in [0.2, 0.25) is 0 Å². The van der Waals surface area contributed by atoms with E-state index in [0.29, 0.717) is 51.4 Å². The average Bonchev–Trinajstić information content (AvgIpc) is 2.90. The molecule has 5 N–H and O–H groups in total. The fraction of sp³-hybridized carbons (Fsp3) is 0.500. The number of terminal acetylenes is 1. The van der Waals surface area contributed by atoms with Gasteiger partial charge in [0, 0.05) is 12.8 Å². The molecule has 0 aromatic heterocycles. The van der Waals surface area contributed by atoms with Crippen molar-refractivity contribution in [3.63, 3.8) is 0 Å². The SMILES string of the molecule is C#CC#CC#CC#CC(C)OC(=O)C1CCC(OC(=O)C2CCC(O)CC2)CC1.CC#CC#CC#CC.O.O.[HH].[HH].[HH].[HH].[HH].[HH].[HH].[HH].[HH]. The van der Waals surface area contributed by atoms with Crippen molar-refractivity contribution in [3.05, 3.63) is 0 Å². The Hall–Kier alpha value is -4.26. The molecule has 2 rings (SSSR count). The highest BCUT2D eigenvalue weighted by molar-refractivity contribution is 5.74. The fourth-order valence-corrected chi connectivity index (χ4v) is 3.74. The van der Waals surface area contributed by atoms with Crippen LogP contribution in [0.5, 0.6) is 0 Å². The van der Waals surface area contributed by atoms with Gasteiger partial charge in [-0.15, -0.1) is 6.42 Å². The number of hydrogen-bond acceptors (Lipinski definition) is 5. The van der Waals surface area contributed by atoms with Crippen LogP contribution in [-0.4, -0.2) is 46.3 Å². The topological polar surface area (TPSA) is 136 Å². The zero-order valence-corrected chi connectivity index (χ0v) is 22.7. The molecular weight excluding hydrogens is 496 g/mol. The van der Waals surface area contributed by atoms with Gasteiger partial charge < -0.3 is 25.5 Å². The zero-order chi connectivity index (χ0) is 27.3. The Bertz CT molecular complexity index is 1200. The standard InChI is InChI=1S/C24H26O5.C8H6.2H2O.9H2/c1-3-4-5-6-7-8-9-18(2)28-23(26)20-12-16-22(17-13-20)29-24(27)19-10-14-21(25)15-11-19;1-3-5-7-8-6-4-2;;;;;;;;;;;/h1,18-22,25H,10-17H2,2H3;1-2H3;2*1H2;9*1H. The fourth-order valence-electron chi connectivity index (χ4n) is 3.74. The number of carbonyl (C=O) groups is 2. The second-order valence-electron chi connectivity index (χ2n) is 8.41. The van der Waals surface area contributed by atoms with Gasteiger partial charge in [-0.2, -0.15) is 0 Å². The molecule has 0 aliphatic heterocycles. The maximum atomic E-state index is 12.3. The molecule has 1 atom stereocenters. The molecule has 0 saturated heterocycles. The predicted molar refractivity (Wildman–Crippen MR) is 168 cm³/mol. The molecule has 2 saturated carbocycles. The quantitative estimate of drug-likeness (QED) is 0.419. The van der Waals surface area contributed by atoms with Gasteiger partial charge in [-0.25, -0.2) is 0 Å². The molecule has 0 amide bonds. The van der Waals surface area contributed by atoms with E-state index in [4.69, 9.17) is 15.9 Å². The summed E-state index contributed by atoms with van der Waals surface area (Å²) in [6.45, 7) is 5.18. The molecule has 0 spiro atoms. The summed E-state index contributed by atoms with van der Waals surface area (Å²) in [6, 6.07) is 0. The summed E-state index contributed by atoms with van der Waals surface area (Å²) in [7, 11) is 0. The van der Waals surface area contributed by atoms with Gasteiger partial charge in [0.2, 0.25) is 0 Å². The lowest BCUT2D eigenvalue weighted by molar-refractivity contribution is -0.160. The summed E-state index contributed by atoms with van der Waals surface area (Å²) in [4.78, 5) is 24.6. The summed E-state index contributed by atoms with van der Waals surface area (Å²) < 4.78 is 11.0. The van der Waals surface area contributed by atoms with Crippen molar-refractivity contribution < 1.29 is 48.0 Å². The van der Waals surface area contributed by atoms with E-state index in [1.54, 1.807) is 20.8 Å². The van der Waals surface area contributed by atoms with Gasteiger partial charge in [0.25, 0.3) is 0 Å². The predicted octanol–water partition coefficient (Wildman–Crippen LogP) is 3.82. The molecule has 2 aliphatic rings. The smallest absolute Gasteiger partial charge is 0.310 e. The number of aliphatic hydroxyl groups is 1. The van der Waals surface area contributed by atoms with E-state index in [-0.39, 0.29) is 59.8 Å². The van der Waals surface area contributed by atoms with E-state index >= 15 is 0 Å². The highest BCUT2D eigenvalue weighted by atomic mass is 16.5. The van der Waals surface area contributed by atoms with Crippen molar-refractivity contribution in [2.45, 2.75) is 90.4 Å². The van der Waals surface area contributed by atoms with Gasteiger partial charge in [-0.3, -0.25) is 9.59 Å². The molecule has 2 fully saturated rings. The number of esters is 2. The van der Waals surface area contributed by atoms with Crippen LogP contribution in [0.15, 0.2) is 0 Å². The Labute approximate surface area is 246 Å². The van der Waals surface area contributed by atoms with Crippen LogP contribution in [0.3, 0.4) is 0 Å². The first-order chi connectivity index (χ1) is 17.9. The molecule has 7 heteroatoms. The molecule has 1 unspecified atom stereocenters. The number of ether oxygens (including phenoxy) is 2. The van der Waals surface area contributed by atoms with Crippen LogP contribution in [0.1, 0.15) is 85.0 Å². The summed E-state index contributed by atoms with van der Waals surface area (Å²) in [5, 5.41) is 9.54. The van der Waals surface area contributed by atoms with E-state index in [2.05, 4.69) is 77.0 Å². The van der Waals surface area contributed by atoms with Crippen molar-refractivity contribution in [2.24, 2.45) is 11.8 Å². The van der Waals surface area contributed by atoms with Gasteiger partial charge >= 0.3 is 11.9 Å². The minimum Gasteiger partial charge on any atom is -0.462 e. The summed E-state index contributed by atoms with van der Waals surface area (Å²) in [6.07, 6.45) is 9.21. The number of aliphatic hydroxyl groups excluding tert-OH is 1. The third-order valence-corrected chi connectivity index (χ3v) is 5.65. The van der Waals surface area contributed by atoms with E-state index < -0.39 is 6.10 Å². The molecule has 224 valence electrons. The molecule has 0 heterocycles. The summed E-state index contributed by atoms with van der Waals surface area (Å²) in [5.41, 5.74) is 0. The van der Waals surface area contributed by atoms with E-state index in [1.165, 1.54) is 0 Å². The Morgan fingerprint density at radius 3 is 1.74 bits per heavy atom. The van der Waals surface area contributed by atoms with Crippen LogP contribution in [-0.2, 0) is 19.1 Å². The van der Waals surface area contributed by atoms with Crippen LogP contribution < -0.4 is 0 Å². The van der Waals surface area contributed by atoms with Crippen LogP contribution >= 0.6 is 0 Å². The Morgan fingerprint density at radius 2 is 1.21 bits per heavy atom. The van der Waals surface area contributed by atoms with Crippen LogP contribution in [0, 0.1) is 95.2 Å². The number of carbonyl (C=O) groups excluding carboxylic acids is 2. The minimum absolute atomic E-state index is 0. The van der Waals surface area contributed by atoms with Gasteiger partial charge in [0.05, 0.1) is 17.9 Å². The van der Waals surface area contributed by atoms with Crippen LogP contribution in [0.4, 0.5) is 0 Å². The van der Waals surface area contributed by atoms with Crippen molar-refractivity contribution in [2.75, 3.05) is 0 Å². The first-order valence-corrected chi connectivity index (χ1v) is 12.3. The number of hydrogen-bond donors (Lipinski definition) is 1. The summed E-state index contributed by atoms with van der Waals surface area (Å²) >= 11 is 0. The maximum absolute atomic E-state index is 12.3. The molecular formula is C32H54O7. The lowest BCUT2D eigenvalue weighted by Gasteiger charge is -2.30. The van der Waals surface area contributed by atoms with Gasteiger partial charge in [0.1, 0.15) is 6.10 Å². The number of rotatable bonds is 4. The van der Waals surface area contributed by atoms with Gasteiger partial charge in [-0.1, -0.05) is 11.8 Å². The van der Waals surface area contributed by atoms with E-state index in [9.17, 15) is 14.7 Å². The lowest BCUT2D eigenvalue weighted by atomic mass is 9.86. The van der Waals surface area contributed by atoms with E-state index in [1.807, 2.05) is 0 Å². The molecule has 39 heavy (non-hydrogen) atoms. The Morgan fingerprint density at radius 1 is 0.744 bits per heavy atom. The van der Waals surface area contributed by atoms with Crippen LogP contribution in [0.25, 0.3) is 0 Å². The molecule has 0 aromatic rings. The van der Waals surface area contributed by atoms with Gasteiger partial charge in [-0.05, 0) is 137 Å². The second kappa shape index (κ2) is 22.9. The zero-order valence-electron chi connectivity index (χ0n) is 22.7. The second-order valence-corrected chi connectivity index (χ2v) is 8.41. The first-order valence-electron chi connectivity index (χ1n) is 12.3. The van der Waals surface area contributed by atoms with Crippen molar-refractivity contribution in [3.8, 4) is 83.4 Å². The lowest BCUT2D eigenvalue weighted by Crippen LogP contribution is -2.33. The summed E-state index contributed by atoms with van der Waals surface area (Å²) in [5.74, 6) is 32.0. The molecule has 0 bridgehead atoms. The van der Waals surface area contributed by atoms with Crippen molar-refractivity contribution >= 4 is 11.9 Å². The largest absolute Gasteiger partial charge is 0.462 e. The van der Waals surface area contributed by atoms with Gasteiger partial charge in [0.15, 0.2) is 6.10 Å². The average molecular weight is 551 g/mol. The Kier molecular flexibility index (Phi) is 21.7. The Balaban J connectivity index is -0.0000000721. The van der Waals surface area contributed by atoms with Crippen molar-refractivity contribution in [1.29, 1.82) is 0 Å². The highest BCUT2D eigenvalue weighted by Crippen LogP contribution is 2.30. The molecule has 2 aliphatic carbocycles. The maximum Gasteiger partial charge on any atom is 0.310 e. The third-order valence-electron chi connectivity index (χ3n) is 5.65. The van der Waals surface area contributed by atoms with E-state index in [0.717, 1.165) is 0 Å².